The van der Waals surface area contributed by atoms with Gasteiger partial charge in [-0.05, 0) is 32.4 Å². The molecular weight excluding hydrogens is 266 g/mol. The predicted octanol–water partition coefficient (Wildman–Crippen LogP) is 2.19. The summed E-state index contributed by atoms with van der Waals surface area (Å²) >= 11 is 0. The van der Waals surface area contributed by atoms with Crippen LogP contribution in [0.25, 0.3) is 11.3 Å². The summed E-state index contributed by atoms with van der Waals surface area (Å²) in [5.74, 6) is 0.704. The van der Waals surface area contributed by atoms with Crippen molar-refractivity contribution < 1.29 is 9.90 Å². The summed E-state index contributed by atoms with van der Waals surface area (Å²) in [5, 5.41) is 11.9. The average Bonchev–Trinajstić information content (AvgIpc) is 2.83. The first-order valence-electron chi connectivity index (χ1n) is 7.10. The van der Waals surface area contributed by atoms with Crippen molar-refractivity contribution in [3.8, 4) is 11.3 Å². The Morgan fingerprint density at radius 2 is 2.00 bits per heavy atom. The number of aliphatic hydroxyl groups is 1. The highest BCUT2D eigenvalue weighted by molar-refractivity contribution is 5.94. The van der Waals surface area contributed by atoms with Crippen molar-refractivity contribution in [2.75, 3.05) is 6.61 Å². The minimum absolute atomic E-state index is 0.0495. The Kier molecular flexibility index (Phi) is 4.75. The van der Waals surface area contributed by atoms with Crippen molar-refractivity contribution in [1.82, 2.24) is 15.3 Å². The highest BCUT2D eigenvalue weighted by atomic mass is 16.3. The number of nitrogens with one attached hydrogen (secondary N) is 2. The van der Waals surface area contributed by atoms with Crippen LogP contribution < -0.4 is 5.32 Å². The summed E-state index contributed by atoms with van der Waals surface area (Å²) in [6.07, 6.45) is 0.700. The number of nitrogens with zero attached hydrogens (tertiary/aromatic N) is 1. The Balaban J connectivity index is 2.15. The molecule has 1 amide bonds. The fourth-order valence-corrected chi connectivity index (χ4v) is 2.22. The van der Waals surface area contributed by atoms with E-state index in [-0.39, 0.29) is 18.6 Å². The number of carbonyl (C=O) groups is 1. The first kappa shape index (κ1) is 15.3. The number of aryl methyl sites for hydroxylation is 2. The second-order valence-electron chi connectivity index (χ2n) is 5.13. The largest absolute Gasteiger partial charge is 0.394 e. The predicted molar refractivity (Wildman–Crippen MR) is 82.1 cm³/mol. The number of aliphatic hydroxyl groups excluding tert-OH is 1. The van der Waals surface area contributed by atoms with E-state index >= 15 is 0 Å². The highest BCUT2D eigenvalue weighted by Gasteiger charge is 2.12. The zero-order valence-electron chi connectivity index (χ0n) is 12.6. The van der Waals surface area contributed by atoms with E-state index < -0.39 is 0 Å². The SMILES string of the molecule is CC[C@@H](CO)NC(=O)c1ccc(-c2nc(C)[nH]c2C)cc1. The topological polar surface area (TPSA) is 78.0 Å². The lowest BCUT2D eigenvalue weighted by Gasteiger charge is -2.14. The molecule has 0 fully saturated rings. The third-order valence-electron chi connectivity index (χ3n) is 3.47. The molecule has 1 aromatic carbocycles. The van der Waals surface area contributed by atoms with Crippen LogP contribution in [0.2, 0.25) is 0 Å². The Morgan fingerprint density at radius 1 is 1.33 bits per heavy atom. The van der Waals surface area contributed by atoms with Crippen molar-refractivity contribution in [2.24, 2.45) is 0 Å². The van der Waals surface area contributed by atoms with Gasteiger partial charge in [-0.15, -0.1) is 0 Å². The maximum atomic E-state index is 12.0. The van der Waals surface area contributed by atoms with Crippen LogP contribution in [0.5, 0.6) is 0 Å². The molecule has 0 aliphatic rings. The van der Waals surface area contributed by atoms with E-state index in [0.717, 1.165) is 22.8 Å². The molecule has 0 bridgehead atoms. The monoisotopic (exact) mass is 287 g/mol. The lowest BCUT2D eigenvalue weighted by molar-refractivity contribution is 0.0915. The molecular formula is C16H21N3O2. The van der Waals surface area contributed by atoms with E-state index in [1.165, 1.54) is 0 Å². The molecule has 0 unspecified atom stereocenters. The van der Waals surface area contributed by atoms with Gasteiger partial charge in [0.25, 0.3) is 5.91 Å². The van der Waals surface area contributed by atoms with Gasteiger partial charge < -0.3 is 15.4 Å². The Bertz CT molecular complexity index is 613. The molecule has 0 aliphatic carbocycles. The van der Waals surface area contributed by atoms with E-state index in [2.05, 4.69) is 15.3 Å². The summed E-state index contributed by atoms with van der Waals surface area (Å²) < 4.78 is 0. The van der Waals surface area contributed by atoms with Gasteiger partial charge >= 0.3 is 0 Å². The van der Waals surface area contributed by atoms with Crippen LogP contribution in [0, 0.1) is 13.8 Å². The fourth-order valence-electron chi connectivity index (χ4n) is 2.22. The van der Waals surface area contributed by atoms with E-state index in [0.29, 0.717) is 12.0 Å². The number of amides is 1. The van der Waals surface area contributed by atoms with Gasteiger partial charge in [0, 0.05) is 16.8 Å². The van der Waals surface area contributed by atoms with Crippen LogP contribution in [-0.2, 0) is 0 Å². The van der Waals surface area contributed by atoms with Gasteiger partial charge in [0.05, 0.1) is 18.3 Å². The number of hydrogen-bond donors (Lipinski definition) is 3. The van der Waals surface area contributed by atoms with Crippen LogP contribution in [0.15, 0.2) is 24.3 Å². The van der Waals surface area contributed by atoms with Gasteiger partial charge in [0.1, 0.15) is 5.82 Å². The van der Waals surface area contributed by atoms with Crippen molar-refractivity contribution in [3.63, 3.8) is 0 Å². The number of aromatic nitrogens is 2. The number of carbonyl (C=O) groups excluding carboxylic acids is 1. The molecule has 3 N–H and O–H groups in total. The van der Waals surface area contributed by atoms with E-state index in [9.17, 15) is 4.79 Å². The molecule has 5 nitrogen and oxygen atoms in total. The molecule has 2 rings (SSSR count). The summed E-state index contributed by atoms with van der Waals surface area (Å²) in [5.41, 5.74) is 3.47. The highest BCUT2D eigenvalue weighted by Crippen LogP contribution is 2.21. The van der Waals surface area contributed by atoms with Crippen LogP contribution >= 0.6 is 0 Å². The zero-order valence-corrected chi connectivity index (χ0v) is 12.6. The fraction of sp³-hybridized carbons (Fsp3) is 0.375. The Morgan fingerprint density at radius 3 is 2.48 bits per heavy atom. The third-order valence-corrected chi connectivity index (χ3v) is 3.47. The van der Waals surface area contributed by atoms with Gasteiger partial charge in [0.15, 0.2) is 0 Å². The van der Waals surface area contributed by atoms with E-state index in [1.807, 2.05) is 32.9 Å². The first-order valence-corrected chi connectivity index (χ1v) is 7.10. The maximum absolute atomic E-state index is 12.0. The molecule has 1 aromatic heterocycles. The minimum atomic E-state index is -0.201. The van der Waals surface area contributed by atoms with Crippen LogP contribution in [0.4, 0.5) is 0 Å². The normalized spacial score (nSPS) is 12.2. The van der Waals surface area contributed by atoms with Crippen LogP contribution in [0.3, 0.4) is 0 Å². The van der Waals surface area contributed by atoms with Crippen molar-refractivity contribution in [3.05, 3.63) is 41.3 Å². The second kappa shape index (κ2) is 6.54. The van der Waals surface area contributed by atoms with Gasteiger partial charge in [-0.25, -0.2) is 4.98 Å². The molecule has 21 heavy (non-hydrogen) atoms. The van der Waals surface area contributed by atoms with E-state index in [1.54, 1.807) is 12.1 Å². The Hall–Kier alpha value is -2.14. The van der Waals surface area contributed by atoms with Gasteiger partial charge in [-0.1, -0.05) is 19.1 Å². The number of imidazole rings is 1. The smallest absolute Gasteiger partial charge is 0.251 e. The second-order valence-corrected chi connectivity index (χ2v) is 5.13. The van der Waals surface area contributed by atoms with Crippen LogP contribution in [-0.4, -0.2) is 33.6 Å². The lowest BCUT2D eigenvalue weighted by Crippen LogP contribution is -2.36. The number of aromatic amines is 1. The van der Waals surface area contributed by atoms with Crippen molar-refractivity contribution in [2.45, 2.75) is 33.2 Å². The van der Waals surface area contributed by atoms with E-state index in [4.69, 9.17) is 5.11 Å². The molecule has 1 heterocycles. The summed E-state index contributed by atoms with van der Waals surface area (Å²) in [4.78, 5) is 19.7. The number of H-pyrrole nitrogens is 1. The molecule has 1 atom stereocenters. The minimum Gasteiger partial charge on any atom is -0.394 e. The Labute approximate surface area is 124 Å². The lowest BCUT2D eigenvalue weighted by atomic mass is 10.1. The molecule has 5 heteroatoms. The summed E-state index contributed by atoms with van der Waals surface area (Å²) in [6.45, 7) is 5.76. The molecule has 2 aromatic rings. The molecule has 0 spiro atoms. The summed E-state index contributed by atoms with van der Waals surface area (Å²) in [6, 6.07) is 7.12. The number of benzene rings is 1. The molecule has 112 valence electrons. The number of rotatable bonds is 5. The van der Waals surface area contributed by atoms with Crippen molar-refractivity contribution in [1.29, 1.82) is 0 Å². The average molecular weight is 287 g/mol. The maximum Gasteiger partial charge on any atom is 0.251 e. The van der Waals surface area contributed by atoms with Gasteiger partial charge in [-0.2, -0.15) is 0 Å². The summed E-state index contributed by atoms with van der Waals surface area (Å²) in [7, 11) is 0. The van der Waals surface area contributed by atoms with Gasteiger partial charge in [0.2, 0.25) is 0 Å². The first-order chi connectivity index (χ1) is 10.0. The zero-order chi connectivity index (χ0) is 15.4. The molecule has 0 saturated heterocycles. The van der Waals surface area contributed by atoms with Crippen LogP contribution in [0.1, 0.15) is 35.2 Å². The molecule has 0 aliphatic heterocycles. The van der Waals surface area contributed by atoms with Gasteiger partial charge in [-0.3, -0.25) is 4.79 Å². The number of hydrogen-bond acceptors (Lipinski definition) is 3. The third kappa shape index (κ3) is 3.49. The van der Waals surface area contributed by atoms with Crippen molar-refractivity contribution >= 4 is 5.91 Å². The molecule has 0 saturated carbocycles. The molecule has 0 radical (unpaired) electrons. The standard InChI is InChI=1S/C16H21N3O2/c1-4-14(9-20)19-16(21)13-7-5-12(6-8-13)15-10(2)17-11(3)18-15/h5-8,14,20H,4,9H2,1-3H3,(H,17,18)(H,19,21)/t14-/m0/s1. The quantitative estimate of drug-likeness (QED) is 0.789.